The maximum Gasteiger partial charge on any atom is 0.387 e. The lowest BCUT2D eigenvalue weighted by molar-refractivity contribution is -0.141. The number of carboxylic acid groups (broad SMARTS) is 1. The Balaban J connectivity index is 3.00. The zero-order valence-electron chi connectivity index (χ0n) is 9.56. The van der Waals surface area contributed by atoms with Crippen molar-refractivity contribution in [2.24, 2.45) is 5.92 Å². The lowest BCUT2D eigenvalue weighted by Crippen LogP contribution is -2.17. The van der Waals surface area contributed by atoms with E-state index in [0.717, 1.165) is 0 Å². The van der Waals surface area contributed by atoms with Crippen molar-refractivity contribution in [1.82, 2.24) is 0 Å². The number of benzene rings is 1. The molecule has 0 heterocycles. The molecule has 0 aromatic heterocycles. The van der Waals surface area contributed by atoms with Crippen LogP contribution in [0.25, 0.3) is 0 Å². The Morgan fingerprint density at radius 3 is 2.41 bits per heavy atom. The van der Waals surface area contributed by atoms with Gasteiger partial charge in [-0.25, -0.2) is 0 Å². The van der Waals surface area contributed by atoms with Crippen molar-refractivity contribution in [3.8, 4) is 5.75 Å². The van der Waals surface area contributed by atoms with Crippen LogP contribution in [-0.2, 0) is 4.79 Å². The van der Waals surface area contributed by atoms with E-state index in [1.807, 2.05) is 0 Å². The molecule has 0 bridgehead atoms. The first-order valence-electron chi connectivity index (χ1n) is 5.20. The van der Waals surface area contributed by atoms with Crippen LogP contribution in [0.15, 0.2) is 24.3 Å². The number of para-hydroxylation sites is 1. The second-order valence-corrected chi connectivity index (χ2v) is 3.83. The van der Waals surface area contributed by atoms with Gasteiger partial charge in [0.05, 0.1) is 5.92 Å². The molecular weight excluding hydrogens is 230 g/mol. The van der Waals surface area contributed by atoms with E-state index in [0.29, 0.717) is 5.56 Å². The van der Waals surface area contributed by atoms with Crippen LogP contribution in [0.1, 0.15) is 25.3 Å². The lowest BCUT2D eigenvalue weighted by atomic mass is 9.88. The molecule has 0 saturated carbocycles. The van der Waals surface area contributed by atoms with Crippen molar-refractivity contribution in [3.63, 3.8) is 0 Å². The van der Waals surface area contributed by atoms with Crippen molar-refractivity contribution in [2.75, 3.05) is 0 Å². The van der Waals surface area contributed by atoms with Crippen LogP contribution in [0.3, 0.4) is 0 Å². The standard InChI is InChI=1S/C12H14F2O3/c1-7(8(2)11(15)16)9-5-3-4-6-10(9)17-12(13)14/h3-8,12H,1-2H3,(H,15,16). The Hall–Kier alpha value is -1.65. The third kappa shape index (κ3) is 3.41. The number of hydrogen-bond acceptors (Lipinski definition) is 2. The molecule has 0 radical (unpaired) electrons. The molecule has 17 heavy (non-hydrogen) atoms. The van der Waals surface area contributed by atoms with Gasteiger partial charge in [0.2, 0.25) is 0 Å². The van der Waals surface area contributed by atoms with E-state index in [9.17, 15) is 13.6 Å². The van der Waals surface area contributed by atoms with Crippen LogP contribution < -0.4 is 4.74 Å². The predicted octanol–water partition coefficient (Wildman–Crippen LogP) is 3.11. The third-order valence-electron chi connectivity index (χ3n) is 2.77. The molecule has 0 saturated heterocycles. The Labute approximate surface area is 98.0 Å². The lowest BCUT2D eigenvalue weighted by Gasteiger charge is -2.19. The minimum Gasteiger partial charge on any atom is -0.481 e. The van der Waals surface area contributed by atoms with Gasteiger partial charge in [-0.2, -0.15) is 8.78 Å². The number of carbonyl (C=O) groups is 1. The zero-order valence-corrected chi connectivity index (χ0v) is 9.56. The van der Waals surface area contributed by atoms with E-state index in [4.69, 9.17) is 5.11 Å². The van der Waals surface area contributed by atoms with Crippen molar-refractivity contribution in [3.05, 3.63) is 29.8 Å². The largest absolute Gasteiger partial charge is 0.481 e. The van der Waals surface area contributed by atoms with Gasteiger partial charge in [-0.05, 0) is 17.5 Å². The van der Waals surface area contributed by atoms with E-state index in [1.54, 1.807) is 25.1 Å². The monoisotopic (exact) mass is 244 g/mol. The average molecular weight is 244 g/mol. The maximum atomic E-state index is 12.2. The van der Waals surface area contributed by atoms with Gasteiger partial charge in [0.1, 0.15) is 5.75 Å². The van der Waals surface area contributed by atoms with Gasteiger partial charge in [0, 0.05) is 0 Å². The Morgan fingerprint density at radius 2 is 1.88 bits per heavy atom. The van der Waals surface area contributed by atoms with E-state index in [-0.39, 0.29) is 5.75 Å². The summed E-state index contributed by atoms with van der Waals surface area (Å²) in [5, 5.41) is 8.90. The van der Waals surface area contributed by atoms with Crippen molar-refractivity contribution < 1.29 is 23.4 Å². The number of hydrogen-bond donors (Lipinski definition) is 1. The molecule has 3 nitrogen and oxygen atoms in total. The molecule has 2 unspecified atom stereocenters. The fourth-order valence-corrected chi connectivity index (χ4v) is 1.54. The number of halogens is 2. The van der Waals surface area contributed by atoms with Gasteiger partial charge in [0.15, 0.2) is 0 Å². The molecule has 0 fully saturated rings. The van der Waals surface area contributed by atoms with Crippen molar-refractivity contribution in [2.45, 2.75) is 26.4 Å². The second kappa shape index (κ2) is 5.61. The summed E-state index contributed by atoms with van der Waals surface area (Å²) in [6, 6.07) is 6.24. The molecule has 1 N–H and O–H groups in total. The third-order valence-corrected chi connectivity index (χ3v) is 2.77. The van der Waals surface area contributed by atoms with Crippen molar-refractivity contribution in [1.29, 1.82) is 0 Å². The van der Waals surface area contributed by atoms with Crippen molar-refractivity contribution >= 4 is 5.97 Å². The summed E-state index contributed by atoms with van der Waals surface area (Å²) < 4.78 is 28.7. The minimum atomic E-state index is -2.91. The summed E-state index contributed by atoms with van der Waals surface area (Å²) in [5.74, 6) is -2.01. The van der Waals surface area contributed by atoms with Crippen LogP contribution in [0.2, 0.25) is 0 Å². The molecule has 1 rings (SSSR count). The van der Waals surface area contributed by atoms with Crippen LogP contribution >= 0.6 is 0 Å². The Morgan fingerprint density at radius 1 is 1.29 bits per heavy atom. The summed E-state index contributed by atoms with van der Waals surface area (Å²) in [4.78, 5) is 10.9. The van der Waals surface area contributed by atoms with E-state index < -0.39 is 24.4 Å². The van der Waals surface area contributed by atoms with Gasteiger partial charge in [-0.3, -0.25) is 4.79 Å². The number of alkyl halides is 2. The topological polar surface area (TPSA) is 46.5 Å². The van der Waals surface area contributed by atoms with Gasteiger partial charge in [-0.15, -0.1) is 0 Å². The van der Waals surface area contributed by atoms with Crippen LogP contribution in [-0.4, -0.2) is 17.7 Å². The number of rotatable bonds is 5. The van der Waals surface area contributed by atoms with Gasteiger partial charge in [0.25, 0.3) is 0 Å². The van der Waals surface area contributed by atoms with Crippen LogP contribution in [0.4, 0.5) is 8.78 Å². The summed E-state index contributed by atoms with van der Waals surface area (Å²) in [5.41, 5.74) is 0.475. The van der Waals surface area contributed by atoms with Gasteiger partial charge in [-0.1, -0.05) is 32.0 Å². The molecule has 94 valence electrons. The van der Waals surface area contributed by atoms with E-state index in [2.05, 4.69) is 4.74 Å². The fourth-order valence-electron chi connectivity index (χ4n) is 1.54. The highest BCUT2D eigenvalue weighted by Gasteiger charge is 2.24. The Kier molecular flexibility index (Phi) is 4.43. The van der Waals surface area contributed by atoms with Crippen LogP contribution in [0.5, 0.6) is 5.75 Å². The number of aliphatic carboxylic acids is 1. The van der Waals surface area contributed by atoms with Gasteiger partial charge >= 0.3 is 12.6 Å². The van der Waals surface area contributed by atoms with Gasteiger partial charge < -0.3 is 9.84 Å². The first kappa shape index (κ1) is 13.4. The molecule has 0 aliphatic carbocycles. The molecule has 0 spiro atoms. The normalized spacial score (nSPS) is 14.4. The quantitative estimate of drug-likeness (QED) is 0.865. The second-order valence-electron chi connectivity index (χ2n) is 3.83. The number of ether oxygens (including phenoxy) is 1. The first-order valence-corrected chi connectivity index (χ1v) is 5.20. The first-order chi connectivity index (χ1) is 7.93. The molecular formula is C12H14F2O3. The van der Waals surface area contributed by atoms with E-state index >= 15 is 0 Å². The molecule has 0 aliphatic heterocycles. The molecule has 1 aromatic carbocycles. The molecule has 0 aliphatic rings. The highest BCUT2D eigenvalue weighted by Crippen LogP contribution is 2.32. The molecule has 5 heteroatoms. The number of carboxylic acids is 1. The SMILES string of the molecule is CC(C(=O)O)C(C)c1ccccc1OC(F)F. The predicted molar refractivity (Wildman–Crippen MR) is 58.3 cm³/mol. The molecule has 0 amide bonds. The average Bonchev–Trinajstić information content (AvgIpc) is 2.27. The summed E-state index contributed by atoms with van der Waals surface area (Å²) in [6.45, 7) is 0.294. The summed E-state index contributed by atoms with van der Waals surface area (Å²) in [6.07, 6.45) is 0. The minimum absolute atomic E-state index is 0.0306. The highest BCUT2D eigenvalue weighted by atomic mass is 19.3. The summed E-state index contributed by atoms with van der Waals surface area (Å²) >= 11 is 0. The molecule has 2 atom stereocenters. The smallest absolute Gasteiger partial charge is 0.387 e. The summed E-state index contributed by atoms with van der Waals surface area (Å²) in [7, 11) is 0. The van der Waals surface area contributed by atoms with Crippen LogP contribution in [0, 0.1) is 5.92 Å². The zero-order chi connectivity index (χ0) is 13.0. The van der Waals surface area contributed by atoms with E-state index in [1.165, 1.54) is 13.0 Å². The Bertz CT molecular complexity index is 393. The molecule has 1 aromatic rings. The highest BCUT2D eigenvalue weighted by molar-refractivity contribution is 5.71. The fraction of sp³-hybridized carbons (Fsp3) is 0.417. The maximum absolute atomic E-state index is 12.2.